The molecule has 5 nitrogen and oxygen atoms in total. The second-order valence-electron chi connectivity index (χ2n) is 18.2. The molecule has 0 N–H and O–H groups in total. The molecule has 0 radical (unpaired) electrons. The highest BCUT2D eigenvalue weighted by molar-refractivity contribution is 6.17. The first kappa shape index (κ1) is 38.0. The van der Waals surface area contributed by atoms with E-state index in [9.17, 15) is 0 Å². The van der Waals surface area contributed by atoms with Crippen LogP contribution in [-0.2, 0) is 5.41 Å². The normalized spacial score (nSPS) is 13.0. The van der Waals surface area contributed by atoms with E-state index < -0.39 is 5.41 Å². The minimum absolute atomic E-state index is 0.457. The van der Waals surface area contributed by atoms with Crippen molar-refractivity contribution < 1.29 is 4.42 Å². The molecule has 3 aromatic heterocycles. The van der Waals surface area contributed by atoms with E-state index >= 15 is 0 Å². The van der Waals surface area contributed by atoms with Gasteiger partial charge in [-0.25, -0.2) is 15.0 Å². The van der Waals surface area contributed by atoms with Crippen LogP contribution < -0.4 is 0 Å². The van der Waals surface area contributed by atoms with E-state index in [0.717, 1.165) is 61.0 Å². The Morgan fingerprint density at radius 3 is 1.62 bits per heavy atom. The number of nitrogens with zero attached hydrogens (tertiary/aromatic N) is 4. The highest BCUT2D eigenvalue weighted by Gasteiger charge is 2.52. The number of benzene rings is 10. The molecule has 0 amide bonds. The molecular formula is C64H38N4O. The second-order valence-corrected chi connectivity index (χ2v) is 18.2. The van der Waals surface area contributed by atoms with E-state index in [1.54, 1.807) is 0 Å². The third-order valence-corrected chi connectivity index (χ3v) is 14.7. The Hall–Kier alpha value is -9.19. The molecule has 0 aliphatic heterocycles. The summed E-state index contributed by atoms with van der Waals surface area (Å²) in [6.07, 6.45) is 0. The summed E-state index contributed by atoms with van der Waals surface area (Å²) in [6.45, 7) is 0. The van der Waals surface area contributed by atoms with E-state index in [1.165, 1.54) is 60.8 Å². The van der Waals surface area contributed by atoms with Crippen LogP contribution in [0.15, 0.2) is 235 Å². The van der Waals surface area contributed by atoms with Gasteiger partial charge in [0.15, 0.2) is 17.5 Å². The van der Waals surface area contributed by atoms with E-state index in [1.807, 2.05) is 24.3 Å². The van der Waals surface area contributed by atoms with E-state index in [0.29, 0.717) is 17.5 Å². The van der Waals surface area contributed by atoms with Crippen molar-refractivity contribution in [1.82, 2.24) is 19.5 Å². The van der Waals surface area contributed by atoms with Crippen molar-refractivity contribution in [2.24, 2.45) is 0 Å². The molecule has 5 heteroatoms. The summed E-state index contributed by atoms with van der Waals surface area (Å²) in [5.74, 6) is 1.76. The summed E-state index contributed by atoms with van der Waals surface area (Å²) in [6, 6.07) is 82.5. The first-order chi connectivity index (χ1) is 34.2. The number of furan rings is 1. The highest BCUT2D eigenvalue weighted by Crippen LogP contribution is 2.64. The van der Waals surface area contributed by atoms with Gasteiger partial charge < -0.3 is 8.98 Å². The fourth-order valence-corrected chi connectivity index (χ4v) is 11.8. The molecule has 13 aromatic rings. The van der Waals surface area contributed by atoms with Crippen LogP contribution in [0.25, 0.3) is 117 Å². The Balaban J connectivity index is 0.938. The second kappa shape index (κ2) is 14.4. The van der Waals surface area contributed by atoms with Gasteiger partial charge in [0.25, 0.3) is 0 Å². The van der Waals surface area contributed by atoms with Crippen LogP contribution in [-0.4, -0.2) is 19.5 Å². The van der Waals surface area contributed by atoms with Crippen molar-refractivity contribution in [2.75, 3.05) is 0 Å². The van der Waals surface area contributed by atoms with Crippen LogP contribution in [0, 0.1) is 0 Å². The standard InChI is InChI=1S/C64H38N4O/c1-3-17-39(18-4-1)44-27-16-28-50-48-34-33-42(38-57(48)69-60(44)50)63-66-61(40-19-5-2-6-20-40)65-62(67-63)41-21-15-22-43(37-41)68-56-32-14-10-25-47(56)49-35-36-55-58(59(49)68)51-26-9-13-31-54(51)64(55)52-29-11-7-23-45(52)46-24-8-12-30-53(46)64/h1-38H. The Bertz CT molecular complexity index is 4210. The van der Waals surface area contributed by atoms with Gasteiger partial charge in [0.2, 0.25) is 0 Å². The average Bonchev–Trinajstić information content (AvgIpc) is 4.15. The molecule has 0 unspecified atom stereocenters. The monoisotopic (exact) mass is 878 g/mol. The predicted molar refractivity (Wildman–Crippen MR) is 279 cm³/mol. The number of hydrogen-bond donors (Lipinski definition) is 0. The molecule has 15 rings (SSSR count). The molecule has 69 heavy (non-hydrogen) atoms. The quantitative estimate of drug-likeness (QED) is 0.173. The van der Waals surface area contributed by atoms with Gasteiger partial charge in [-0.1, -0.05) is 200 Å². The zero-order chi connectivity index (χ0) is 45.2. The number of para-hydroxylation sites is 2. The molecule has 10 aromatic carbocycles. The largest absolute Gasteiger partial charge is 0.455 e. The summed E-state index contributed by atoms with van der Waals surface area (Å²) in [7, 11) is 0. The lowest BCUT2D eigenvalue weighted by Crippen LogP contribution is -2.25. The SMILES string of the molecule is c1ccc(-c2nc(-c3cccc(-n4c5ccccc5c5ccc6c(c54)-c4ccccc4C64c5ccccc5-c5ccccc54)c3)nc(-c3ccc4c(c3)oc3c(-c5ccccc5)cccc34)n2)cc1. The summed E-state index contributed by atoms with van der Waals surface area (Å²) >= 11 is 0. The number of hydrogen-bond acceptors (Lipinski definition) is 4. The summed E-state index contributed by atoms with van der Waals surface area (Å²) in [5, 5.41) is 4.54. The molecule has 0 atom stereocenters. The molecule has 2 aliphatic carbocycles. The van der Waals surface area contributed by atoms with Crippen molar-refractivity contribution >= 4 is 43.7 Å². The molecule has 0 saturated heterocycles. The molecule has 320 valence electrons. The zero-order valence-electron chi connectivity index (χ0n) is 37.1. The fraction of sp³-hybridized carbons (Fsp3) is 0.0156. The molecule has 0 saturated carbocycles. The molecule has 0 bridgehead atoms. The Labute approximate surface area is 397 Å². The van der Waals surface area contributed by atoms with Crippen LogP contribution in [0.3, 0.4) is 0 Å². The first-order valence-electron chi connectivity index (χ1n) is 23.5. The minimum Gasteiger partial charge on any atom is -0.455 e. The van der Waals surface area contributed by atoms with Crippen molar-refractivity contribution in [3.05, 3.63) is 253 Å². The Kier molecular flexibility index (Phi) is 7.93. The first-order valence-corrected chi connectivity index (χ1v) is 23.5. The van der Waals surface area contributed by atoms with Crippen molar-refractivity contribution in [2.45, 2.75) is 5.41 Å². The van der Waals surface area contributed by atoms with Gasteiger partial charge in [-0.3, -0.25) is 0 Å². The minimum atomic E-state index is -0.457. The predicted octanol–water partition coefficient (Wildman–Crippen LogP) is 15.9. The van der Waals surface area contributed by atoms with Crippen LogP contribution in [0.1, 0.15) is 22.3 Å². The molecule has 0 fully saturated rings. The summed E-state index contributed by atoms with van der Waals surface area (Å²) in [5.41, 5.74) is 19.8. The van der Waals surface area contributed by atoms with Gasteiger partial charge in [0.1, 0.15) is 11.2 Å². The van der Waals surface area contributed by atoms with Crippen molar-refractivity contribution in [1.29, 1.82) is 0 Å². The van der Waals surface area contributed by atoms with Crippen LogP contribution >= 0.6 is 0 Å². The van der Waals surface area contributed by atoms with Gasteiger partial charge in [-0.2, -0.15) is 0 Å². The van der Waals surface area contributed by atoms with Gasteiger partial charge in [0, 0.05) is 55.0 Å². The Morgan fingerprint density at radius 2 is 0.884 bits per heavy atom. The van der Waals surface area contributed by atoms with Crippen LogP contribution in [0.4, 0.5) is 0 Å². The van der Waals surface area contributed by atoms with E-state index in [2.05, 4.69) is 211 Å². The molecule has 3 heterocycles. The van der Waals surface area contributed by atoms with Crippen LogP contribution in [0.5, 0.6) is 0 Å². The third kappa shape index (κ3) is 5.32. The number of aromatic nitrogens is 4. The smallest absolute Gasteiger partial charge is 0.164 e. The topological polar surface area (TPSA) is 56.7 Å². The lowest BCUT2D eigenvalue weighted by Gasteiger charge is -2.30. The van der Waals surface area contributed by atoms with E-state index in [-0.39, 0.29) is 0 Å². The fourth-order valence-electron chi connectivity index (χ4n) is 11.8. The highest BCUT2D eigenvalue weighted by atomic mass is 16.3. The van der Waals surface area contributed by atoms with E-state index in [4.69, 9.17) is 19.4 Å². The summed E-state index contributed by atoms with van der Waals surface area (Å²) in [4.78, 5) is 15.6. The van der Waals surface area contributed by atoms with Gasteiger partial charge in [-0.05, 0) is 74.8 Å². The maximum Gasteiger partial charge on any atom is 0.164 e. The van der Waals surface area contributed by atoms with Crippen LogP contribution in [0.2, 0.25) is 0 Å². The van der Waals surface area contributed by atoms with Crippen molar-refractivity contribution in [3.8, 4) is 73.2 Å². The van der Waals surface area contributed by atoms with Gasteiger partial charge >= 0.3 is 0 Å². The lowest BCUT2D eigenvalue weighted by atomic mass is 9.70. The maximum absolute atomic E-state index is 6.70. The molecule has 1 spiro atoms. The molecule has 2 aliphatic rings. The van der Waals surface area contributed by atoms with Crippen molar-refractivity contribution in [3.63, 3.8) is 0 Å². The number of fused-ring (bicyclic) bond motifs is 17. The summed E-state index contributed by atoms with van der Waals surface area (Å²) < 4.78 is 9.17. The maximum atomic E-state index is 6.70. The van der Waals surface area contributed by atoms with Gasteiger partial charge in [0.05, 0.1) is 16.4 Å². The lowest BCUT2D eigenvalue weighted by molar-refractivity contribution is 0.670. The number of rotatable bonds is 5. The average molecular weight is 879 g/mol. The van der Waals surface area contributed by atoms with Gasteiger partial charge in [-0.15, -0.1) is 0 Å². The Morgan fingerprint density at radius 1 is 0.348 bits per heavy atom. The zero-order valence-corrected chi connectivity index (χ0v) is 37.1. The third-order valence-electron chi connectivity index (χ3n) is 14.7. The molecular weight excluding hydrogens is 841 g/mol.